The molecule has 0 radical (unpaired) electrons. The summed E-state index contributed by atoms with van der Waals surface area (Å²) in [6.45, 7) is 0. The normalized spacial score (nSPS) is 22.1. The third-order valence-electron chi connectivity index (χ3n) is 3.75. The van der Waals surface area contributed by atoms with Crippen LogP contribution in [0.4, 0.5) is 0 Å². The Bertz CT molecular complexity index is 484. The largest absolute Gasteiger partial charge is 0.447 e. The molecule has 1 aliphatic heterocycles. The van der Waals surface area contributed by atoms with Crippen LogP contribution in [0.5, 0.6) is 0 Å². The molecule has 0 atom stereocenters. The van der Waals surface area contributed by atoms with Crippen molar-refractivity contribution in [3.63, 3.8) is 0 Å². The first-order chi connectivity index (χ1) is 8.23. The summed E-state index contributed by atoms with van der Waals surface area (Å²) in [5.41, 5.74) is 0.0864. The van der Waals surface area contributed by atoms with E-state index in [-0.39, 0.29) is 11.8 Å². The summed E-state index contributed by atoms with van der Waals surface area (Å²) < 4.78 is 5.47. The van der Waals surface area contributed by atoms with Gasteiger partial charge in [0.25, 0.3) is 0 Å². The topological polar surface area (TPSA) is 43.4 Å². The fourth-order valence-corrected chi connectivity index (χ4v) is 2.84. The van der Waals surface area contributed by atoms with Gasteiger partial charge in [0.1, 0.15) is 0 Å². The molecular formula is C14H14O3. The van der Waals surface area contributed by atoms with E-state index >= 15 is 0 Å². The number of carbonyl (C=O) groups excluding carboxylic acids is 2. The van der Waals surface area contributed by atoms with Crippen LogP contribution >= 0.6 is 0 Å². The Morgan fingerprint density at radius 2 is 1.59 bits per heavy atom. The number of esters is 1. The molecule has 88 valence electrons. The van der Waals surface area contributed by atoms with Crippen LogP contribution in [0.25, 0.3) is 0 Å². The second-order valence-electron chi connectivity index (χ2n) is 4.82. The average molecular weight is 230 g/mol. The number of fused-ring (bicyclic) bond motifs is 1. The van der Waals surface area contributed by atoms with Gasteiger partial charge in [0.05, 0.1) is 5.56 Å². The van der Waals surface area contributed by atoms with Gasteiger partial charge >= 0.3 is 5.97 Å². The third-order valence-corrected chi connectivity index (χ3v) is 3.75. The maximum absolute atomic E-state index is 12.5. The van der Waals surface area contributed by atoms with Crippen LogP contribution in [0.3, 0.4) is 0 Å². The number of ketones is 1. The molecule has 2 aliphatic rings. The fourth-order valence-electron chi connectivity index (χ4n) is 2.84. The molecule has 1 fully saturated rings. The molecule has 17 heavy (non-hydrogen) atoms. The lowest BCUT2D eigenvalue weighted by atomic mass is 9.77. The monoisotopic (exact) mass is 230 g/mol. The molecule has 0 N–H and O–H groups in total. The van der Waals surface area contributed by atoms with Crippen LogP contribution in [0.2, 0.25) is 0 Å². The van der Waals surface area contributed by atoms with Gasteiger partial charge in [-0.15, -0.1) is 0 Å². The van der Waals surface area contributed by atoms with Crippen molar-refractivity contribution < 1.29 is 14.3 Å². The van der Waals surface area contributed by atoms with Crippen LogP contribution in [0, 0.1) is 0 Å². The minimum absolute atomic E-state index is 0.00704. The maximum atomic E-state index is 12.5. The van der Waals surface area contributed by atoms with Crippen molar-refractivity contribution in [1.82, 2.24) is 0 Å². The number of Topliss-reactive ketones (excluding diaryl/α,β-unsaturated/α-hetero) is 1. The lowest BCUT2D eigenvalue weighted by molar-refractivity contribution is -0.0281. The predicted octanol–water partition coefficient (Wildman–Crippen LogP) is 2.74. The van der Waals surface area contributed by atoms with Gasteiger partial charge < -0.3 is 4.74 Å². The molecule has 0 unspecified atom stereocenters. The fraction of sp³-hybridized carbons (Fsp3) is 0.429. The lowest BCUT2D eigenvalue weighted by Gasteiger charge is -2.38. The van der Waals surface area contributed by atoms with Gasteiger partial charge in [-0.25, -0.2) is 4.79 Å². The number of hydrogen-bond acceptors (Lipinski definition) is 3. The van der Waals surface area contributed by atoms with Gasteiger partial charge in [-0.2, -0.15) is 0 Å². The van der Waals surface area contributed by atoms with E-state index in [9.17, 15) is 9.59 Å². The summed E-state index contributed by atoms with van der Waals surface area (Å²) in [7, 11) is 0. The molecule has 3 rings (SSSR count). The molecule has 1 aromatic carbocycles. The summed E-state index contributed by atoms with van der Waals surface area (Å²) in [6, 6.07) is 6.94. The zero-order valence-corrected chi connectivity index (χ0v) is 9.57. The van der Waals surface area contributed by atoms with Gasteiger partial charge in [0.15, 0.2) is 5.60 Å². The van der Waals surface area contributed by atoms with E-state index in [4.69, 9.17) is 4.74 Å². The minimum Gasteiger partial charge on any atom is -0.447 e. The van der Waals surface area contributed by atoms with Crippen molar-refractivity contribution in [1.29, 1.82) is 0 Å². The van der Waals surface area contributed by atoms with Gasteiger partial charge in [-0.05, 0) is 31.7 Å². The molecule has 1 aromatic rings. The van der Waals surface area contributed by atoms with Gasteiger partial charge in [0.2, 0.25) is 5.78 Å². The average Bonchev–Trinajstić information content (AvgIpc) is 2.37. The zero-order chi connectivity index (χ0) is 11.9. The molecule has 1 aliphatic carbocycles. The third kappa shape index (κ3) is 1.49. The Morgan fingerprint density at radius 3 is 2.29 bits per heavy atom. The van der Waals surface area contributed by atoms with Crippen molar-refractivity contribution in [2.75, 3.05) is 0 Å². The van der Waals surface area contributed by atoms with E-state index in [2.05, 4.69) is 0 Å². The zero-order valence-electron chi connectivity index (χ0n) is 9.57. The van der Waals surface area contributed by atoms with Crippen molar-refractivity contribution in [3.8, 4) is 0 Å². The van der Waals surface area contributed by atoms with Crippen molar-refractivity contribution >= 4 is 11.8 Å². The van der Waals surface area contributed by atoms with Gasteiger partial charge in [-0.3, -0.25) is 4.79 Å². The van der Waals surface area contributed by atoms with Crippen molar-refractivity contribution in [2.24, 2.45) is 0 Å². The molecule has 1 saturated carbocycles. The van der Waals surface area contributed by atoms with E-state index < -0.39 is 5.60 Å². The first-order valence-electron chi connectivity index (χ1n) is 6.10. The Kier molecular flexibility index (Phi) is 2.28. The second-order valence-corrected chi connectivity index (χ2v) is 4.82. The molecule has 0 saturated heterocycles. The molecule has 3 heteroatoms. The van der Waals surface area contributed by atoms with E-state index in [0.717, 1.165) is 19.3 Å². The Morgan fingerprint density at radius 1 is 0.941 bits per heavy atom. The smallest absolute Gasteiger partial charge is 0.339 e. The number of ether oxygens (including phenoxy) is 1. The number of carbonyl (C=O) groups is 2. The predicted molar refractivity (Wildman–Crippen MR) is 62.0 cm³/mol. The Hall–Kier alpha value is -1.64. The molecule has 3 nitrogen and oxygen atoms in total. The molecule has 0 amide bonds. The molecule has 0 bridgehead atoms. The van der Waals surface area contributed by atoms with E-state index in [1.54, 1.807) is 24.3 Å². The summed E-state index contributed by atoms with van der Waals surface area (Å²) in [4.78, 5) is 24.4. The Balaban J connectivity index is 2.08. The second kappa shape index (κ2) is 3.69. The van der Waals surface area contributed by atoms with E-state index in [0.29, 0.717) is 24.0 Å². The van der Waals surface area contributed by atoms with Crippen LogP contribution < -0.4 is 0 Å². The summed E-state index contributed by atoms with van der Waals surface area (Å²) >= 11 is 0. The standard InChI is InChI=1S/C14H14O3/c15-12-10-6-2-3-7-11(10)13(16)17-14(12)8-4-1-5-9-14/h2-3,6-7H,1,4-5,8-9H2. The highest BCUT2D eigenvalue weighted by molar-refractivity contribution is 6.14. The molecule has 0 aromatic heterocycles. The van der Waals surface area contributed by atoms with Crippen LogP contribution in [0.1, 0.15) is 52.8 Å². The summed E-state index contributed by atoms with van der Waals surface area (Å²) in [5.74, 6) is -0.352. The molecule has 1 heterocycles. The quantitative estimate of drug-likeness (QED) is 0.644. The Labute approximate surface area is 99.8 Å². The minimum atomic E-state index is -0.857. The van der Waals surface area contributed by atoms with Crippen molar-refractivity contribution in [2.45, 2.75) is 37.7 Å². The van der Waals surface area contributed by atoms with Crippen LogP contribution in [-0.2, 0) is 4.74 Å². The number of hydrogen-bond donors (Lipinski definition) is 0. The van der Waals surface area contributed by atoms with Crippen LogP contribution in [0.15, 0.2) is 24.3 Å². The summed E-state index contributed by atoms with van der Waals surface area (Å²) in [5, 5.41) is 0. The molecular weight excluding hydrogens is 216 g/mol. The number of rotatable bonds is 0. The maximum Gasteiger partial charge on any atom is 0.339 e. The first-order valence-corrected chi connectivity index (χ1v) is 6.10. The number of benzene rings is 1. The van der Waals surface area contributed by atoms with E-state index in [1.165, 1.54) is 0 Å². The van der Waals surface area contributed by atoms with Gasteiger partial charge in [0, 0.05) is 5.56 Å². The SMILES string of the molecule is O=C1OC2(CCCCC2)C(=O)c2ccccc21. The highest BCUT2D eigenvalue weighted by Crippen LogP contribution is 2.38. The lowest BCUT2D eigenvalue weighted by Crippen LogP contribution is -2.48. The highest BCUT2D eigenvalue weighted by atomic mass is 16.6. The molecule has 1 spiro atoms. The van der Waals surface area contributed by atoms with Crippen molar-refractivity contribution in [3.05, 3.63) is 35.4 Å². The highest BCUT2D eigenvalue weighted by Gasteiger charge is 2.48. The summed E-state index contributed by atoms with van der Waals surface area (Å²) in [6.07, 6.45) is 4.38. The van der Waals surface area contributed by atoms with Crippen LogP contribution in [-0.4, -0.2) is 17.4 Å². The first kappa shape index (κ1) is 10.5. The van der Waals surface area contributed by atoms with Gasteiger partial charge in [-0.1, -0.05) is 24.6 Å². The van der Waals surface area contributed by atoms with E-state index in [1.807, 2.05) is 0 Å².